The summed E-state index contributed by atoms with van der Waals surface area (Å²) in [7, 11) is 0. The van der Waals surface area contributed by atoms with Crippen LogP contribution in [0.2, 0.25) is 0 Å². The van der Waals surface area contributed by atoms with E-state index in [9.17, 15) is 14.4 Å². The maximum Gasteiger partial charge on any atom is 0.254 e. The Balaban J connectivity index is 1.51. The lowest BCUT2D eigenvalue weighted by atomic mass is 9.86. The van der Waals surface area contributed by atoms with Crippen LogP contribution in [-0.2, 0) is 12.8 Å². The molecule has 0 bridgehead atoms. The summed E-state index contributed by atoms with van der Waals surface area (Å²) in [6.07, 6.45) is 4.22. The number of aryl methyl sites for hydroxylation is 1. The molecular weight excluding hydrogens is 493 g/mol. The number of hydrogen-bond donors (Lipinski definition) is 0. The van der Waals surface area contributed by atoms with Gasteiger partial charge in [0.25, 0.3) is 5.91 Å². The molecule has 0 N–H and O–H groups in total. The van der Waals surface area contributed by atoms with Crippen molar-refractivity contribution in [1.82, 2.24) is 19.8 Å². The van der Waals surface area contributed by atoms with Gasteiger partial charge < -0.3 is 14.5 Å². The van der Waals surface area contributed by atoms with Gasteiger partial charge in [0.2, 0.25) is 5.95 Å². The predicted octanol–water partition coefficient (Wildman–Crippen LogP) is 5.26. The van der Waals surface area contributed by atoms with Crippen molar-refractivity contribution in [3.8, 4) is 22.9 Å². The molecule has 8 heteroatoms. The number of likely N-dealkylation sites (tertiary alicyclic amines) is 1. The van der Waals surface area contributed by atoms with E-state index in [1.165, 1.54) is 18.7 Å². The average molecular weight is 528 g/mol. The van der Waals surface area contributed by atoms with Gasteiger partial charge in [-0.2, -0.15) is 9.65 Å². The Kier molecular flexibility index (Phi) is 7.62. The summed E-state index contributed by atoms with van der Waals surface area (Å²) in [5.74, 6) is -0.0859. The molecule has 1 saturated heterocycles. The number of fused-ring (bicyclic) bond motifs is 1. The van der Waals surface area contributed by atoms with Crippen molar-refractivity contribution >= 4 is 5.91 Å². The molecule has 2 aliphatic heterocycles. The molecule has 3 aromatic rings. The van der Waals surface area contributed by atoms with Crippen molar-refractivity contribution in [2.75, 3.05) is 26.2 Å². The summed E-state index contributed by atoms with van der Waals surface area (Å²) < 4.78 is 19.5. The second kappa shape index (κ2) is 11.1. The molecule has 5 rings (SSSR count). The third-order valence-electron chi connectivity index (χ3n) is 8.09. The van der Waals surface area contributed by atoms with Crippen LogP contribution in [0.25, 0.3) is 11.1 Å². The molecule has 39 heavy (non-hydrogen) atoms. The maximum atomic E-state index is 14.0. The monoisotopic (exact) mass is 527 g/mol. The minimum absolute atomic E-state index is 0.0546. The van der Waals surface area contributed by atoms with E-state index in [-0.39, 0.29) is 11.9 Å². The van der Waals surface area contributed by atoms with Crippen LogP contribution in [0.1, 0.15) is 71.7 Å². The highest BCUT2D eigenvalue weighted by Gasteiger charge is 2.32. The van der Waals surface area contributed by atoms with Gasteiger partial charge in [0.05, 0.1) is 18.3 Å². The molecular formula is C31H34FN5O2. The minimum atomic E-state index is -0.509. The number of benzene rings is 1. The van der Waals surface area contributed by atoms with Crippen molar-refractivity contribution in [3.05, 3.63) is 76.1 Å². The summed E-state index contributed by atoms with van der Waals surface area (Å²) in [4.78, 5) is 26.9. The molecule has 1 amide bonds. The number of nitrogens with zero attached hydrogens (tertiary/aromatic N) is 5. The average Bonchev–Trinajstić information content (AvgIpc) is 2.92. The van der Waals surface area contributed by atoms with Gasteiger partial charge in [-0.3, -0.25) is 9.78 Å². The first kappa shape index (κ1) is 26.8. The molecule has 4 heterocycles. The first-order valence-electron chi connectivity index (χ1n) is 13.7. The van der Waals surface area contributed by atoms with E-state index >= 15 is 0 Å². The van der Waals surface area contributed by atoms with Crippen molar-refractivity contribution in [2.45, 2.75) is 59.0 Å². The normalized spacial score (nSPS) is 17.8. The molecule has 2 aromatic heterocycles. The van der Waals surface area contributed by atoms with Crippen molar-refractivity contribution in [2.24, 2.45) is 0 Å². The van der Waals surface area contributed by atoms with Gasteiger partial charge >= 0.3 is 0 Å². The molecule has 1 unspecified atom stereocenters. The van der Waals surface area contributed by atoms with Gasteiger partial charge in [0, 0.05) is 48.2 Å². The minimum Gasteiger partial charge on any atom is -0.492 e. The van der Waals surface area contributed by atoms with Crippen LogP contribution in [-0.4, -0.2) is 58.0 Å². The van der Waals surface area contributed by atoms with Gasteiger partial charge in [0.15, 0.2) is 0 Å². The largest absolute Gasteiger partial charge is 0.492 e. The lowest BCUT2D eigenvalue weighted by Gasteiger charge is -2.39. The van der Waals surface area contributed by atoms with Crippen LogP contribution in [0.4, 0.5) is 4.39 Å². The highest BCUT2D eigenvalue weighted by Crippen LogP contribution is 2.36. The van der Waals surface area contributed by atoms with E-state index in [0.29, 0.717) is 53.9 Å². The first-order chi connectivity index (χ1) is 18.8. The summed E-state index contributed by atoms with van der Waals surface area (Å²) in [6.45, 7) is 10.9. The van der Waals surface area contributed by atoms with Crippen molar-refractivity contribution in [1.29, 1.82) is 5.26 Å². The molecule has 202 valence electrons. The van der Waals surface area contributed by atoms with Crippen LogP contribution >= 0.6 is 0 Å². The number of halogens is 1. The zero-order valence-corrected chi connectivity index (χ0v) is 23.0. The number of amides is 1. The zero-order valence-electron chi connectivity index (χ0n) is 23.0. The standard InChI is InChI=1S/C31H34FN5O2/c1-5-39-29-16-28(34-18-23(29)17-33)21(4)37-13-10-25-26(24-6-7-30(32)35-20(24)3)14-22(15-27(25)31(37)38)9-12-36-11-8-19(36)2/h6-7,14-16,18-19,21H,5,8-13H2,1-4H3/t19-,21?/m1/s1. The number of carbonyl (C=O) groups excluding carboxylic acids is 1. The molecule has 2 atom stereocenters. The Bertz CT molecular complexity index is 1450. The van der Waals surface area contributed by atoms with Gasteiger partial charge in [0.1, 0.15) is 17.4 Å². The summed E-state index contributed by atoms with van der Waals surface area (Å²) >= 11 is 0. The molecule has 2 aliphatic rings. The van der Waals surface area contributed by atoms with Crippen LogP contribution in [0, 0.1) is 24.2 Å². The Morgan fingerprint density at radius 2 is 2.00 bits per heavy atom. The Morgan fingerprint density at radius 1 is 1.21 bits per heavy atom. The second-order valence-electron chi connectivity index (χ2n) is 10.4. The Morgan fingerprint density at radius 3 is 2.67 bits per heavy atom. The number of rotatable bonds is 8. The van der Waals surface area contributed by atoms with Gasteiger partial charge in [-0.15, -0.1) is 0 Å². The van der Waals surface area contributed by atoms with Crippen LogP contribution in [0.15, 0.2) is 36.5 Å². The highest BCUT2D eigenvalue weighted by atomic mass is 19.1. The molecule has 1 fully saturated rings. The van der Waals surface area contributed by atoms with E-state index < -0.39 is 5.95 Å². The fourth-order valence-corrected chi connectivity index (χ4v) is 5.62. The van der Waals surface area contributed by atoms with Crippen LogP contribution in [0.5, 0.6) is 5.75 Å². The lowest BCUT2D eigenvalue weighted by Crippen LogP contribution is -2.46. The topological polar surface area (TPSA) is 82.3 Å². The smallest absolute Gasteiger partial charge is 0.254 e. The quantitative estimate of drug-likeness (QED) is 0.372. The molecule has 0 radical (unpaired) electrons. The fourth-order valence-electron chi connectivity index (χ4n) is 5.62. The number of nitriles is 1. The molecule has 0 saturated carbocycles. The number of carbonyl (C=O) groups is 1. The van der Waals surface area contributed by atoms with Crippen molar-refractivity contribution < 1.29 is 13.9 Å². The fraction of sp³-hybridized carbons (Fsp3) is 0.419. The molecule has 7 nitrogen and oxygen atoms in total. The van der Waals surface area contributed by atoms with Crippen molar-refractivity contribution in [3.63, 3.8) is 0 Å². The maximum absolute atomic E-state index is 14.0. The molecule has 0 spiro atoms. The molecule has 1 aromatic carbocycles. The number of ether oxygens (including phenoxy) is 1. The van der Waals surface area contributed by atoms with E-state index in [2.05, 4.69) is 33.9 Å². The van der Waals surface area contributed by atoms with E-state index in [0.717, 1.165) is 41.8 Å². The SMILES string of the molecule is CCOc1cc(C(C)N2CCc3c(cc(CCN4CC[C@H]4C)cc3-c3ccc(F)nc3C)C2=O)ncc1C#N. The summed E-state index contributed by atoms with van der Waals surface area (Å²) in [6, 6.07) is 11.5. The lowest BCUT2D eigenvalue weighted by molar-refractivity contribution is 0.0668. The third kappa shape index (κ3) is 5.24. The number of aromatic nitrogens is 2. The van der Waals surface area contributed by atoms with Gasteiger partial charge in [-0.05, 0) is 88.4 Å². The Labute approximate surface area is 229 Å². The van der Waals surface area contributed by atoms with E-state index in [4.69, 9.17) is 4.74 Å². The van der Waals surface area contributed by atoms with Crippen LogP contribution in [0.3, 0.4) is 0 Å². The zero-order chi connectivity index (χ0) is 27.7. The van der Waals surface area contributed by atoms with Gasteiger partial charge in [-0.1, -0.05) is 6.07 Å². The first-order valence-corrected chi connectivity index (χ1v) is 13.7. The van der Waals surface area contributed by atoms with Gasteiger partial charge in [-0.25, -0.2) is 4.98 Å². The number of hydrogen-bond acceptors (Lipinski definition) is 6. The van der Waals surface area contributed by atoms with E-state index in [1.54, 1.807) is 12.1 Å². The second-order valence-corrected chi connectivity index (χ2v) is 10.4. The molecule has 0 aliphatic carbocycles. The highest BCUT2D eigenvalue weighted by molar-refractivity contribution is 5.99. The van der Waals surface area contributed by atoms with E-state index in [1.807, 2.05) is 31.7 Å². The predicted molar refractivity (Wildman–Crippen MR) is 147 cm³/mol. The third-order valence-corrected chi connectivity index (χ3v) is 8.09. The number of pyridine rings is 2. The summed E-state index contributed by atoms with van der Waals surface area (Å²) in [5, 5.41) is 9.40. The summed E-state index contributed by atoms with van der Waals surface area (Å²) in [5.41, 5.74) is 6.22. The Hall–Kier alpha value is -3.83. The van der Waals surface area contributed by atoms with Crippen LogP contribution < -0.4 is 4.74 Å².